The zero-order valence-corrected chi connectivity index (χ0v) is 5.18. The first kappa shape index (κ1) is 4.91. The first-order valence-electron chi connectivity index (χ1n) is 3.23. The SMILES string of the molecule is C1=CC2=C(CC1)NCO2. The molecule has 0 amide bonds. The van der Waals surface area contributed by atoms with Crippen LogP contribution < -0.4 is 5.32 Å². The Morgan fingerprint density at radius 1 is 1.56 bits per heavy atom. The number of allylic oxidation sites excluding steroid dienone is 3. The molecule has 0 saturated heterocycles. The van der Waals surface area contributed by atoms with Crippen molar-refractivity contribution in [1.29, 1.82) is 0 Å². The lowest BCUT2D eigenvalue weighted by Crippen LogP contribution is -2.07. The fraction of sp³-hybridized carbons (Fsp3) is 0.429. The van der Waals surface area contributed by atoms with Gasteiger partial charge in [-0.05, 0) is 18.9 Å². The molecule has 0 bridgehead atoms. The minimum atomic E-state index is 0.662. The molecule has 1 N–H and O–H groups in total. The van der Waals surface area contributed by atoms with Gasteiger partial charge in [0.15, 0.2) is 6.73 Å². The van der Waals surface area contributed by atoms with Gasteiger partial charge in [-0.15, -0.1) is 0 Å². The smallest absolute Gasteiger partial charge is 0.159 e. The summed E-state index contributed by atoms with van der Waals surface area (Å²) in [5.41, 5.74) is 1.28. The van der Waals surface area contributed by atoms with Gasteiger partial charge in [-0.2, -0.15) is 0 Å². The predicted octanol–water partition coefficient (Wildman–Crippen LogP) is 1.13. The van der Waals surface area contributed by atoms with E-state index in [2.05, 4.69) is 11.4 Å². The summed E-state index contributed by atoms with van der Waals surface area (Å²) in [7, 11) is 0. The molecule has 0 aromatic heterocycles. The van der Waals surface area contributed by atoms with Crippen molar-refractivity contribution >= 4 is 0 Å². The van der Waals surface area contributed by atoms with Crippen LogP contribution in [0.15, 0.2) is 23.6 Å². The lowest BCUT2D eigenvalue weighted by molar-refractivity contribution is 0.244. The molecule has 0 aromatic carbocycles. The van der Waals surface area contributed by atoms with Gasteiger partial charge in [0, 0.05) is 0 Å². The van der Waals surface area contributed by atoms with E-state index < -0.39 is 0 Å². The summed E-state index contributed by atoms with van der Waals surface area (Å²) in [5.74, 6) is 1.04. The summed E-state index contributed by atoms with van der Waals surface area (Å²) >= 11 is 0. The highest BCUT2D eigenvalue weighted by Gasteiger charge is 2.13. The molecule has 9 heavy (non-hydrogen) atoms. The average Bonchev–Trinajstić information content (AvgIpc) is 2.33. The Balaban J connectivity index is 2.28. The second kappa shape index (κ2) is 1.79. The van der Waals surface area contributed by atoms with Crippen LogP contribution in [0.3, 0.4) is 0 Å². The van der Waals surface area contributed by atoms with Crippen molar-refractivity contribution in [2.24, 2.45) is 0 Å². The van der Waals surface area contributed by atoms with Crippen molar-refractivity contribution < 1.29 is 4.74 Å². The Labute approximate surface area is 54.2 Å². The molecule has 2 heteroatoms. The minimum Gasteiger partial charge on any atom is -0.472 e. The molecule has 0 fully saturated rings. The highest BCUT2D eigenvalue weighted by molar-refractivity contribution is 5.25. The van der Waals surface area contributed by atoms with E-state index in [4.69, 9.17) is 4.74 Å². The monoisotopic (exact) mass is 123 g/mol. The second-order valence-electron chi connectivity index (χ2n) is 2.25. The fourth-order valence-electron chi connectivity index (χ4n) is 1.15. The zero-order chi connectivity index (χ0) is 6.10. The third-order valence-electron chi connectivity index (χ3n) is 1.64. The number of rotatable bonds is 0. The minimum absolute atomic E-state index is 0.662. The molecule has 48 valence electrons. The summed E-state index contributed by atoms with van der Waals surface area (Å²) in [6.45, 7) is 0.662. The van der Waals surface area contributed by atoms with Gasteiger partial charge in [0.1, 0.15) is 5.76 Å². The van der Waals surface area contributed by atoms with Gasteiger partial charge in [-0.1, -0.05) is 6.08 Å². The normalized spacial score (nSPS) is 23.1. The standard InChI is InChI=1S/C7H9NO/c1-2-4-7-6(3-1)8-5-9-7/h2,4,8H,1,3,5H2. The number of nitrogens with one attached hydrogen (secondary N) is 1. The fourth-order valence-corrected chi connectivity index (χ4v) is 1.15. The molecule has 1 aliphatic heterocycles. The first-order valence-corrected chi connectivity index (χ1v) is 3.23. The van der Waals surface area contributed by atoms with Crippen molar-refractivity contribution in [2.45, 2.75) is 12.8 Å². The van der Waals surface area contributed by atoms with E-state index in [-0.39, 0.29) is 0 Å². The van der Waals surface area contributed by atoms with Gasteiger partial charge in [-0.3, -0.25) is 0 Å². The van der Waals surface area contributed by atoms with Crippen LogP contribution in [0, 0.1) is 0 Å². The average molecular weight is 123 g/mol. The van der Waals surface area contributed by atoms with E-state index in [1.807, 2.05) is 6.08 Å². The van der Waals surface area contributed by atoms with E-state index in [0.717, 1.165) is 18.6 Å². The Morgan fingerprint density at radius 2 is 2.56 bits per heavy atom. The Kier molecular flexibility index (Phi) is 0.979. The molecule has 1 heterocycles. The highest BCUT2D eigenvalue weighted by atomic mass is 16.5. The van der Waals surface area contributed by atoms with E-state index in [1.165, 1.54) is 5.70 Å². The summed E-state index contributed by atoms with van der Waals surface area (Å²) in [6, 6.07) is 0. The molecular weight excluding hydrogens is 114 g/mol. The van der Waals surface area contributed by atoms with Crippen molar-refractivity contribution in [1.82, 2.24) is 5.32 Å². The van der Waals surface area contributed by atoms with Gasteiger partial charge in [0.25, 0.3) is 0 Å². The van der Waals surface area contributed by atoms with Crippen LogP contribution in [0.25, 0.3) is 0 Å². The topological polar surface area (TPSA) is 21.3 Å². The molecule has 2 aliphatic rings. The van der Waals surface area contributed by atoms with E-state index >= 15 is 0 Å². The van der Waals surface area contributed by atoms with Gasteiger partial charge in [0.2, 0.25) is 0 Å². The molecule has 1 aliphatic carbocycles. The number of hydrogen-bond donors (Lipinski definition) is 1. The Bertz CT molecular complexity index is 181. The maximum absolute atomic E-state index is 5.24. The van der Waals surface area contributed by atoms with Gasteiger partial charge < -0.3 is 10.1 Å². The molecule has 0 atom stereocenters. The molecule has 0 radical (unpaired) electrons. The molecule has 2 rings (SSSR count). The summed E-state index contributed by atoms with van der Waals surface area (Å²) in [5, 5.41) is 3.16. The third-order valence-corrected chi connectivity index (χ3v) is 1.64. The maximum Gasteiger partial charge on any atom is 0.159 e. The van der Waals surface area contributed by atoms with E-state index in [9.17, 15) is 0 Å². The first-order chi connectivity index (χ1) is 4.47. The van der Waals surface area contributed by atoms with Crippen LogP contribution in [0.2, 0.25) is 0 Å². The van der Waals surface area contributed by atoms with Crippen LogP contribution in [-0.2, 0) is 4.74 Å². The largest absolute Gasteiger partial charge is 0.472 e. The van der Waals surface area contributed by atoms with Crippen molar-refractivity contribution in [3.63, 3.8) is 0 Å². The quantitative estimate of drug-likeness (QED) is 0.521. The summed E-state index contributed by atoms with van der Waals surface area (Å²) in [4.78, 5) is 0. The predicted molar refractivity (Wildman–Crippen MR) is 34.5 cm³/mol. The van der Waals surface area contributed by atoms with Crippen molar-refractivity contribution in [3.05, 3.63) is 23.6 Å². The third kappa shape index (κ3) is 0.707. The van der Waals surface area contributed by atoms with Gasteiger partial charge >= 0.3 is 0 Å². The molecule has 0 unspecified atom stereocenters. The Morgan fingerprint density at radius 3 is 3.44 bits per heavy atom. The van der Waals surface area contributed by atoms with Crippen molar-refractivity contribution in [3.8, 4) is 0 Å². The highest BCUT2D eigenvalue weighted by Crippen LogP contribution is 2.20. The van der Waals surface area contributed by atoms with Crippen LogP contribution in [0.4, 0.5) is 0 Å². The lowest BCUT2D eigenvalue weighted by Gasteiger charge is -2.03. The van der Waals surface area contributed by atoms with Crippen LogP contribution in [0.1, 0.15) is 12.8 Å². The maximum atomic E-state index is 5.24. The van der Waals surface area contributed by atoms with Gasteiger partial charge in [0.05, 0.1) is 5.70 Å². The summed E-state index contributed by atoms with van der Waals surface area (Å²) < 4.78 is 5.24. The molecule has 0 saturated carbocycles. The molecular formula is C7H9NO. The van der Waals surface area contributed by atoms with Gasteiger partial charge in [-0.25, -0.2) is 0 Å². The van der Waals surface area contributed by atoms with Crippen LogP contribution in [-0.4, -0.2) is 6.73 Å². The molecule has 0 aromatic rings. The molecule has 0 spiro atoms. The second-order valence-corrected chi connectivity index (χ2v) is 2.25. The zero-order valence-electron chi connectivity index (χ0n) is 5.18. The summed E-state index contributed by atoms with van der Waals surface area (Å²) in [6.07, 6.45) is 6.45. The lowest BCUT2D eigenvalue weighted by atomic mass is 10.1. The number of ether oxygens (including phenoxy) is 1. The van der Waals surface area contributed by atoms with Crippen molar-refractivity contribution in [2.75, 3.05) is 6.73 Å². The van der Waals surface area contributed by atoms with Crippen LogP contribution >= 0.6 is 0 Å². The number of hydrogen-bond acceptors (Lipinski definition) is 2. The Hall–Kier alpha value is -0.920. The van der Waals surface area contributed by atoms with E-state index in [0.29, 0.717) is 6.73 Å². The van der Waals surface area contributed by atoms with Crippen LogP contribution in [0.5, 0.6) is 0 Å². The van der Waals surface area contributed by atoms with E-state index in [1.54, 1.807) is 0 Å². The molecule has 2 nitrogen and oxygen atoms in total.